The molecule has 0 aliphatic rings. The summed E-state index contributed by atoms with van der Waals surface area (Å²) in [5, 5.41) is 12.9. The van der Waals surface area contributed by atoms with Crippen molar-refractivity contribution in [1.82, 2.24) is 4.98 Å². The molecule has 1 aromatic heterocycles. The average molecular weight is 346 g/mol. The maximum Gasteiger partial charge on any atom is 0.257 e. The number of nitrogens with one attached hydrogen (secondary N) is 1. The fraction of sp³-hybridized carbons (Fsp3) is 0.182. The summed E-state index contributed by atoms with van der Waals surface area (Å²) in [6.07, 6.45) is 3.28. The van der Waals surface area contributed by atoms with Crippen LogP contribution in [-0.2, 0) is 0 Å². The van der Waals surface area contributed by atoms with Crippen LogP contribution in [0.4, 0.5) is 5.69 Å². The number of carbonyl (C=O) groups is 1. The van der Waals surface area contributed by atoms with Crippen LogP contribution in [0.3, 0.4) is 0 Å². The van der Waals surface area contributed by atoms with Gasteiger partial charge in [-0.3, -0.25) is 9.78 Å². The van der Waals surface area contributed by atoms with Crippen molar-refractivity contribution in [1.29, 1.82) is 0 Å². The van der Waals surface area contributed by atoms with Gasteiger partial charge in [-0.15, -0.1) is 0 Å². The summed E-state index contributed by atoms with van der Waals surface area (Å²) in [6.45, 7) is 7.67. The Morgan fingerprint density at radius 3 is 2.27 bits per heavy atom. The third-order valence-electron chi connectivity index (χ3n) is 4.47. The van der Waals surface area contributed by atoms with Crippen molar-refractivity contribution in [2.45, 2.75) is 27.7 Å². The van der Waals surface area contributed by atoms with Crippen LogP contribution in [0.1, 0.15) is 32.6 Å². The summed E-state index contributed by atoms with van der Waals surface area (Å²) in [7, 11) is 0. The minimum Gasteiger partial charge on any atom is -0.507 e. The largest absolute Gasteiger partial charge is 0.507 e. The zero-order valence-electron chi connectivity index (χ0n) is 15.4. The first kappa shape index (κ1) is 17.7. The first-order valence-corrected chi connectivity index (χ1v) is 8.49. The Hall–Kier alpha value is -3.14. The molecule has 1 heterocycles. The number of phenolic OH excluding ortho intramolecular Hbond substituents is 1. The van der Waals surface area contributed by atoms with Crippen LogP contribution >= 0.6 is 0 Å². The van der Waals surface area contributed by atoms with Crippen molar-refractivity contribution in [3.05, 3.63) is 76.6 Å². The second kappa shape index (κ2) is 7.00. The van der Waals surface area contributed by atoms with Crippen molar-refractivity contribution in [2.24, 2.45) is 0 Å². The molecule has 3 aromatic rings. The fourth-order valence-electron chi connectivity index (χ4n) is 2.91. The van der Waals surface area contributed by atoms with E-state index in [0.29, 0.717) is 11.3 Å². The Morgan fingerprint density at radius 1 is 0.885 bits per heavy atom. The van der Waals surface area contributed by atoms with Crippen molar-refractivity contribution < 1.29 is 9.90 Å². The number of aromatic nitrogens is 1. The highest BCUT2D eigenvalue weighted by atomic mass is 16.3. The molecule has 4 nitrogen and oxygen atoms in total. The molecular weight excluding hydrogens is 324 g/mol. The highest BCUT2D eigenvalue weighted by Gasteiger charge is 2.11. The van der Waals surface area contributed by atoms with Gasteiger partial charge in [-0.05, 0) is 79.8 Å². The van der Waals surface area contributed by atoms with E-state index in [2.05, 4.69) is 10.3 Å². The Bertz CT molecular complexity index is 970. The first-order valence-electron chi connectivity index (χ1n) is 8.49. The molecule has 26 heavy (non-hydrogen) atoms. The molecule has 2 aromatic carbocycles. The molecular formula is C22H22N2O2. The van der Waals surface area contributed by atoms with Gasteiger partial charge in [0.05, 0.1) is 5.56 Å². The van der Waals surface area contributed by atoms with E-state index in [1.165, 1.54) is 0 Å². The lowest BCUT2D eigenvalue weighted by atomic mass is 10.00. The van der Waals surface area contributed by atoms with Gasteiger partial charge in [0, 0.05) is 23.6 Å². The Kier molecular flexibility index (Phi) is 4.76. The lowest BCUT2D eigenvalue weighted by molar-refractivity contribution is 0.102. The molecule has 0 saturated carbocycles. The number of hydrogen-bond acceptors (Lipinski definition) is 3. The zero-order valence-corrected chi connectivity index (χ0v) is 15.4. The first-order chi connectivity index (χ1) is 12.3. The normalized spacial score (nSPS) is 10.6. The highest BCUT2D eigenvalue weighted by molar-refractivity contribution is 6.05. The van der Waals surface area contributed by atoms with Crippen LogP contribution in [0, 0.1) is 27.7 Å². The average Bonchev–Trinajstić information content (AvgIpc) is 2.62. The van der Waals surface area contributed by atoms with Crippen LogP contribution in [0.5, 0.6) is 5.75 Å². The fourth-order valence-corrected chi connectivity index (χ4v) is 2.91. The number of benzene rings is 2. The van der Waals surface area contributed by atoms with E-state index in [9.17, 15) is 9.90 Å². The van der Waals surface area contributed by atoms with Crippen molar-refractivity contribution in [3.63, 3.8) is 0 Å². The molecule has 0 fully saturated rings. The van der Waals surface area contributed by atoms with Crippen LogP contribution in [0.25, 0.3) is 11.1 Å². The van der Waals surface area contributed by atoms with Gasteiger partial charge < -0.3 is 10.4 Å². The summed E-state index contributed by atoms with van der Waals surface area (Å²) in [5.74, 6) is 0.103. The number of amides is 1. The molecule has 3 rings (SSSR count). The maximum absolute atomic E-state index is 12.7. The molecule has 132 valence electrons. The van der Waals surface area contributed by atoms with Crippen LogP contribution in [0.15, 0.2) is 48.8 Å². The SMILES string of the molecule is Cc1ccc(C)c(NC(=O)c2cncc(-c3cc(C)c(O)c(C)c3)c2)c1. The van der Waals surface area contributed by atoms with E-state index < -0.39 is 0 Å². The summed E-state index contributed by atoms with van der Waals surface area (Å²) >= 11 is 0. The number of nitrogens with zero attached hydrogens (tertiary/aromatic N) is 1. The summed E-state index contributed by atoms with van der Waals surface area (Å²) in [6, 6.07) is 11.6. The minimum atomic E-state index is -0.194. The molecule has 0 unspecified atom stereocenters. The standard InChI is InChI=1S/C22H22N2O2/c1-13-5-6-14(2)20(7-13)24-22(26)19-10-18(11-23-12-19)17-8-15(3)21(25)16(4)9-17/h5-12,25H,1-4H3,(H,24,26). The lowest BCUT2D eigenvalue weighted by Crippen LogP contribution is -2.13. The zero-order chi connectivity index (χ0) is 18.8. The summed E-state index contributed by atoms with van der Waals surface area (Å²) < 4.78 is 0. The molecule has 1 amide bonds. The smallest absolute Gasteiger partial charge is 0.257 e. The van der Waals surface area contributed by atoms with Gasteiger partial charge in [0.15, 0.2) is 0 Å². The van der Waals surface area contributed by atoms with E-state index in [4.69, 9.17) is 0 Å². The second-order valence-corrected chi connectivity index (χ2v) is 6.69. The van der Waals surface area contributed by atoms with Crippen LogP contribution in [0.2, 0.25) is 0 Å². The molecule has 0 bridgehead atoms. The predicted octanol–water partition coefficient (Wildman–Crippen LogP) is 4.94. The third kappa shape index (κ3) is 3.59. The number of pyridine rings is 1. The van der Waals surface area contributed by atoms with Gasteiger partial charge in [0.2, 0.25) is 0 Å². The van der Waals surface area contributed by atoms with Gasteiger partial charge in [0.1, 0.15) is 5.75 Å². The maximum atomic E-state index is 12.7. The molecule has 0 aliphatic heterocycles. The molecule has 2 N–H and O–H groups in total. The predicted molar refractivity (Wildman–Crippen MR) is 105 cm³/mol. The van der Waals surface area contributed by atoms with Gasteiger partial charge in [0.25, 0.3) is 5.91 Å². The number of rotatable bonds is 3. The molecule has 0 spiro atoms. The van der Waals surface area contributed by atoms with E-state index in [-0.39, 0.29) is 5.91 Å². The Labute approximate surface area is 153 Å². The molecule has 4 heteroatoms. The molecule has 0 aliphatic carbocycles. The summed E-state index contributed by atoms with van der Waals surface area (Å²) in [5.41, 5.74) is 6.75. The Balaban J connectivity index is 1.92. The quantitative estimate of drug-likeness (QED) is 0.706. The minimum absolute atomic E-state index is 0.194. The number of anilines is 1. The van der Waals surface area contributed by atoms with Gasteiger partial charge in [-0.2, -0.15) is 0 Å². The topological polar surface area (TPSA) is 62.2 Å². The van der Waals surface area contributed by atoms with E-state index in [0.717, 1.165) is 39.1 Å². The number of hydrogen-bond donors (Lipinski definition) is 2. The van der Waals surface area contributed by atoms with Gasteiger partial charge in [-0.1, -0.05) is 12.1 Å². The molecule has 0 atom stereocenters. The molecule has 0 saturated heterocycles. The number of aromatic hydroxyl groups is 1. The van der Waals surface area contributed by atoms with Crippen molar-refractivity contribution >= 4 is 11.6 Å². The third-order valence-corrected chi connectivity index (χ3v) is 4.47. The van der Waals surface area contributed by atoms with E-state index in [1.807, 2.05) is 64.1 Å². The van der Waals surface area contributed by atoms with Crippen molar-refractivity contribution in [2.75, 3.05) is 5.32 Å². The van der Waals surface area contributed by atoms with Crippen molar-refractivity contribution in [3.8, 4) is 16.9 Å². The van der Waals surface area contributed by atoms with E-state index >= 15 is 0 Å². The summed E-state index contributed by atoms with van der Waals surface area (Å²) in [4.78, 5) is 16.9. The number of phenols is 1. The molecule has 0 radical (unpaired) electrons. The van der Waals surface area contributed by atoms with Crippen LogP contribution < -0.4 is 5.32 Å². The lowest BCUT2D eigenvalue weighted by Gasteiger charge is -2.11. The monoisotopic (exact) mass is 346 g/mol. The van der Waals surface area contributed by atoms with E-state index in [1.54, 1.807) is 12.4 Å². The van der Waals surface area contributed by atoms with Gasteiger partial charge in [-0.25, -0.2) is 0 Å². The second-order valence-electron chi connectivity index (χ2n) is 6.69. The van der Waals surface area contributed by atoms with Crippen LogP contribution in [-0.4, -0.2) is 16.0 Å². The number of aryl methyl sites for hydroxylation is 4. The highest BCUT2D eigenvalue weighted by Crippen LogP contribution is 2.29. The number of carbonyl (C=O) groups excluding carboxylic acids is 1. The Morgan fingerprint density at radius 2 is 1.58 bits per heavy atom. The van der Waals surface area contributed by atoms with Gasteiger partial charge >= 0.3 is 0 Å².